The molecular weight excluding hydrogens is 306 g/mol. The number of hydrogen-bond donors (Lipinski definition) is 2. The lowest BCUT2D eigenvalue weighted by molar-refractivity contribution is -0.155. The average molecular weight is 323 g/mol. The first-order valence-electron chi connectivity index (χ1n) is 6.71. The lowest BCUT2D eigenvalue weighted by Gasteiger charge is -2.17. The molecule has 0 bridgehead atoms. The number of carboxylic acid groups (broad SMARTS) is 1. The second kappa shape index (κ2) is 8.52. The van der Waals surface area contributed by atoms with E-state index in [9.17, 15) is 19.2 Å². The molecule has 23 heavy (non-hydrogen) atoms. The van der Waals surface area contributed by atoms with Crippen LogP contribution in [0.5, 0.6) is 0 Å². The largest absolute Gasteiger partial charge is 0.478 e. The van der Waals surface area contributed by atoms with Gasteiger partial charge in [-0.15, -0.1) is 0 Å². The number of esters is 2. The Morgan fingerprint density at radius 2 is 1.78 bits per heavy atom. The molecule has 124 valence electrons. The van der Waals surface area contributed by atoms with Crippen LogP contribution in [0.4, 0.5) is 0 Å². The highest BCUT2D eigenvalue weighted by molar-refractivity contribution is 5.97. The third kappa shape index (κ3) is 6.60. The van der Waals surface area contributed by atoms with E-state index in [-0.39, 0.29) is 24.3 Å². The Balaban J connectivity index is 2.66. The van der Waals surface area contributed by atoms with Gasteiger partial charge in [0, 0.05) is 19.4 Å². The van der Waals surface area contributed by atoms with Crippen molar-refractivity contribution in [2.24, 2.45) is 0 Å². The number of rotatable bonds is 7. The molecule has 0 aliphatic rings. The van der Waals surface area contributed by atoms with Gasteiger partial charge >= 0.3 is 17.9 Å². The van der Waals surface area contributed by atoms with E-state index in [0.29, 0.717) is 0 Å². The summed E-state index contributed by atoms with van der Waals surface area (Å²) in [5.74, 6) is -2.80. The van der Waals surface area contributed by atoms with Crippen LogP contribution in [-0.2, 0) is 19.1 Å². The standard InChI is InChI=1S/C15H17NO7/c1-9(17)22-8-13(23-10(2)18)7-16-14(19)11-4-3-5-12(6-11)15(20)21/h3-6,13H,7-8H2,1-2H3,(H,16,19)(H,20,21). The van der Waals surface area contributed by atoms with E-state index in [2.05, 4.69) is 5.32 Å². The van der Waals surface area contributed by atoms with Crippen molar-refractivity contribution in [3.8, 4) is 0 Å². The molecule has 0 aliphatic heterocycles. The zero-order valence-electron chi connectivity index (χ0n) is 12.7. The summed E-state index contributed by atoms with van der Waals surface area (Å²) in [6.07, 6.45) is -0.831. The molecule has 0 saturated heterocycles. The van der Waals surface area contributed by atoms with Gasteiger partial charge in [0.2, 0.25) is 0 Å². The molecule has 0 spiro atoms. The maximum atomic E-state index is 12.0. The van der Waals surface area contributed by atoms with E-state index >= 15 is 0 Å². The van der Waals surface area contributed by atoms with Crippen molar-refractivity contribution >= 4 is 23.8 Å². The predicted molar refractivity (Wildman–Crippen MR) is 77.9 cm³/mol. The van der Waals surface area contributed by atoms with Crippen molar-refractivity contribution in [1.29, 1.82) is 0 Å². The molecule has 1 rings (SSSR count). The van der Waals surface area contributed by atoms with Gasteiger partial charge in [0.15, 0.2) is 6.10 Å². The molecule has 1 aromatic rings. The molecule has 2 N–H and O–H groups in total. The van der Waals surface area contributed by atoms with E-state index in [1.54, 1.807) is 0 Å². The number of aromatic carboxylic acids is 1. The van der Waals surface area contributed by atoms with Crippen LogP contribution >= 0.6 is 0 Å². The van der Waals surface area contributed by atoms with Crippen LogP contribution in [0, 0.1) is 0 Å². The topological polar surface area (TPSA) is 119 Å². The second-order valence-electron chi connectivity index (χ2n) is 4.63. The van der Waals surface area contributed by atoms with Crippen molar-refractivity contribution in [3.05, 3.63) is 35.4 Å². The minimum absolute atomic E-state index is 0.0194. The quantitative estimate of drug-likeness (QED) is 0.705. The first-order valence-corrected chi connectivity index (χ1v) is 6.71. The highest BCUT2D eigenvalue weighted by Crippen LogP contribution is 2.05. The highest BCUT2D eigenvalue weighted by atomic mass is 16.6. The minimum Gasteiger partial charge on any atom is -0.478 e. The predicted octanol–water partition coefficient (Wildman–Crippen LogP) is 0.609. The summed E-state index contributed by atoms with van der Waals surface area (Å²) in [7, 11) is 0. The van der Waals surface area contributed by atoms with Gasteiger partial charge in [0.1, 0.15) is 6.61 Å². The Kier molecular flexibility index (Phi) is 6.72. The van der Waals surface area contributed by atoms with Crippen LogP contribution < -0.4 is 5.32 Å². The molecule has 1 unspecified atom stereocenters. The third-order valence-corrected chi connectivity index (χ3v) is 2.67. The Morgan fingerprint density at radius 1 is 1.13 bits per heavy atom. The van der Waals surface area contributed by atoms with Gasteiger partial charge in [-0.25, -0.2) is 4.79 Å². The fraction of sp³-hybridized carbons (Fsp3) is 0.333. The Labute approximate surface area is 132 Å². The fourth-order valence-electron chi connectivity index (χ4n) is 1.68. The summed E-state index contributed by atoms with van der Waals surface area (Å²) in [4.78, 5) is 44.7. The van der Waals surface area contributed by atoms with Crippen LogP contribution in [0.15, 0.2) is 24.3 Å². The summed E-state index contributed by atoms with van der Waals surface area (Å²) >= 11 is 0. The number of ether oxygens (including phenoxy) is 2. The van der Waals surface area contributed by atoms with Crippen LogP contribution in [0.25, 0.3) is 0 Å². The first kappa shape index (κ1) is 18.1. The monoisotopic (exact) mass is 323 g/mol. The maximum absolute atomic E-state index is 12.0. The number of carboxylic acids is 1. The van der Waals surface area contributed by atoms with Crippen molar-refractivity contribution in [2.45, 2.75) is 20.0 Å². The maximum Gasteiger partial charge on any atom is 0.335 e. The Hall–Kier alpha value is -2.90. The van der Waals surface area contributed by atoms with Gasteiger partial charge in [-0.2, -0.15) is 0 Å². The van der Waals surface area contributed by atoms with E-state index in [1.165, 1.54) is 38.1 Å². The fourth-order valence-corrected chi connectivity index (χ4v) is 1.68. The summed E-state index contributed by atoms with van der Waals surface area (Å²) in [5.41, 5.74) is 0.132. The van der Waals surface area contributed by atoms with Crippen molar-refractivity contribution in [1.82, 2.24) is 5.32 Å². The van der Waals surface area contributed by atoms with Crippen molar-refractivity contribution < 1.29 is 33.8 Å². The van der Waals surface area contributed by atoms with Gasteiger partial charge in [-0.3, -0.25) is 14.4 Å². The smallest absolute Gasteiger partial charge is 0.335 e. The molecule has 1 atom stereocenters. The van der Waals surface area contributed by atoms with Gasteiger partial charge in [0.05, 0.1) is 12.1 Å². The first-order chi connectivity index (χ1) is 10.8. The number of nitrogens with one attached hydrogen (secondary N) is 1. The molecule has 1 amide bonds. The lowest BCUT2D eigenvalue weighted by Crippen LogP contribution is -2.37. The molecular formula is C15H17NO7. The van der Waals surface area contributed by atoms with E-state index in [0.717, 1.165) is 0 Å². The van der Waals surface area contributed by atoms with Gasteiger partial charge in [0.25, 0.3) is 5.91 Å². The molecule has 8 heteroatoms. The molecule has 0 heterocycles. The summed E-state index contributed by atoms with van der Waals surface area (Å²) in [6, 6.07) is 5.49. The van der Waals surface area contributed by atoms with Gasteiger partial charge in [-0.1, -0.05) is 6.07 Å². The van der Waals surface area contributed by atoms with Gasteiger partial charge in [-0.05, 0) is 18.2 Å². The molecule has 1 aromatic carbocycles. The van der Waals surface area contributed by atoms with Gasteiger partial charge < -0.3 is 19.9 Å². The van der Waals surface area contributed by atoms with Crippen molar-refractivity contribution in [2.75, 3.05) is 13.2 Å². The number of amides is 1. The van der Waals surface area contributed by atoms with Crippen LogP contribution in [0.3, 0.4) is 0 Å². The molecule has 0 saturated carbocycles. The molecule has 0 radical (unpaired) electrons. The Bertz CT molecular complexity index is 612. The van der Waals surface area contributed by atoms with Crippen LogP contribution in [0.2, 0.25) is 0 Å². The third-order valence-electron chi connectivity index (χ3n) is 2.67. The minimum atomic E-state index is -1.15. The lowest BCUT2D eigenvalue weighted by atomic mass is 10.1. The van der Waals surface area contributed by atoms with Crippen LogP contribution in [0.1, 0.15) is 34.6 Å². The summed E-state index contributed by atoms with van der Waals surface area (Å²) in [6.45, 7) is 2.13. The molecule has 8 nitrogen and oxygen atoms in total. The zero-order valence-corrected chi connectivity index (χ0v) is 12.7. The van der Waals surface area contributed by atoms with Crippen molar-refractivity contribution in [3.63, 3.8) is 0 Å². The number of carbonyl (C=O) groups is 4. The average Bonchev–Trinajstić information content (AvgIpc) is 2.49. The highest BCUT2D eigenvalue weighted by Gasteiger charge is 2.16. The SMILES string of the molecule is CC(=O)OCC(CNC(=O)c1cccc(C(=O)O)c1)OC(C)=O. The van der Waals surface area contributed by atoms with E-state index in [1.807, 2.05) is 0 Å². The molecule has 0 fully saturated rings. The normalized spacial score (nSPS) is 11.2. The van der Waals surface area contributed by atoms with E-state index in [4.69, 9.17) is 14.6 Å². The second-order valence-corrected chi connectivity index (χ2v) is 4.63. The Morgan fingerprint density at radius 3 is 2.35 bits per heavy atom. The number of hydrogen-bond acceptors (Lipinski definition) is 6. The summed E-state index contributed by atoms with van der Waals surface area (Å²) < 4.78 is 9.67. The zero-order chi connectivity index (χ0) is 17.4. The molecule has 0 aromatic heterocycles. The number of benzene rings is 1. The molecule has 0 aliphatic carbocycles. The number of carbonyl (C=O) groups excluding carboxylic acids is 3. The summed E-state index contributed by atoms with van der Waals surface area (Å²) in [5, 5.41) is 11.4. The van der Waals surface area contributed by atoms with Crippen LogP contribution in [-0.4, -0.2) is 48.2 Å². The van der Waals surface area contributed by atoms with E-state index < -0.39 is 29.9 Å².